The van der Waals surface area contributed by atoms with E-state index in [-0.39, 0.29) is 11.5 Å². The van der Waals surface area contributed by atoms with Crippen molar-refractivity contribution < 1.29 is 9.57 Å². The summed E-state index contributed by atoms with van der Waals surface area (Å²) in [6.45, 7) is 10.5. The summed E-state index contributed by atoms with van der Waals surface area (Å²) in [7, 11) is 0. The molecule has 2 aliphatic heterocycles. The van der Waals surface area contributed by atoms with Crippen molar-refractivity contribution in [2.24, 2.45) is 10.6 Å². The Morgan fingerprint density at radius 1 is 1.10 bits per heavy atom. The Morgan fingerprint density at radius 2 is 1.93 bits per heavy atom. The van der Waals surface area contributed by atoms with E-state index in [1.165, 1.54) is 56.3 Å². The van der Waals surface area contributed by atoms with Gasteiger partial charge in [0.1, 0.15) is 6.10 Å². The molecule has 0 N–H and O–H groups in total. The van der Waals surface area contributed by atoms with Crippen LogP contribution in [0.4, 0.5) is 0 Å². The van der Waals surface area contributed by atoms with Gasteiger partial charge in [0.25, 0.3) is 0 Å². The van der Waals surface area contributed by atoms with E-state index in [9.17, 15) is 0 Å². The highest BCUT2D eigenvalue weighted by molar-refractivity contribution is 5.83. The number of nitrogens with zero attached hydrogens (tertiary/aromatic N) is 3. The third-order valence-electron chi connectivity index (χ3n) is 6.26. The molecule has 0 aliphatic carbocycles. The summed E-state index contributed by atoms with van der Waals surface area (Å²) in [4.78, 5) is 12.7. The maximum Gasteiger partial charge on any atom is 0.232 e. The highest BCUT2D eigenvalue weighted by Crippen LogP contribution is 2.38. The first-order valence-corrected chi connectivity index (χ1v) is 11.6. The normalized spacial score (nSPS) is 22.3. The summed E-state index contributed by atoms with van der Waals surface area (Å²) in [5.41, 5.74) is 2.36. The van der Waals surface area contributed by atoms with E-state index in [1.54, 1.807) is 0 Å². The Hall–Kier alpha value is -1.62. The fraction of sp³-hybridized carbons (Fsp3) is 0.750. The third-order valence-corrected chi connectivity index (χ3v) is 6.26. The predicted molar refractivity (Wildman–Crippen MR) is 118 cm³/mol. The van der Waals surface area contributed by atoms with E-state index in [2.05, 4.69) is 41.9 Å². The molecule has 0 saturated carbocycles. The van der Waals surface area contributed by atoms with Gasteiger partial charge in [-0.1, -0.05) is 50.8 Å². The topological polar surface area (TPSA) is 47.0 Å². The molecule has 1 saturated heterocycles. The lowest BCUT2D eigenvalue weighted by Gasteiger charge is -2.39. The standard InChI is InChI=1S/C24H39N3O2/c1-4-6-11-24(10-5-2,15-21-14-20(3)16-25-17-21)23-26-28-19-22(29-23)18-27-12-8-7-9-13-27/h14,16-17,22H,4-13,15,18-19H2,1-3H3. The van der Waals surface area contributed by atoms with Gasteiger partial charge in [-0.2, -0.15) is 0 Å². The molecule has 0 bridgehead atoms. The monoisotopic (exact) mass is 401 g/mol. The van der Waals surface area contributed by atoms with Gasteiger partial charge < -0.3 is 9.57 Å². The number of likely N-dealkylation sites (tertiary alicyclic amines) is 1. The minimum atomic E-state index is -0.110. The number of rotatable bonds is 10. The fourth-order valence-electron chi connectivity index (χ4n) is 4.82. The van der Waals surface area contributed by atoms with E-state index in [1.807, 2.05) is 12.4 Å². The lowest BCUT2D eigenvalue weighted by Crippen LogP contribution is -2.46. The van der Waals surface area contributed by atoms with Crippen molar-refractivity contribution in [2.45, 2.75) is 84.7 Å². The van der Waals surface area contributed by atoms with Crippen LogP contribution >= 0.6 is 0 Å². The fourth-order valence-corrected chi connectivity index (χ4v) is 4.82. The van der Waals surface area contributed by atoms with Crippen molar-refractivity contribution in [3.63, 3.8) is 0 Å². The van der Waals surface area contributed by atoms with E-state index in [0.717, 1.165) is 38.1 Å². The zero-order valence-corrected chi connectivity index (χ0v) is 18.7. The maximum absolute atomic E-state index is 6.57. The highest BCUT2D eigenvalue weighted by Gasteiger charge is 2.40. The molecule has 5 heteroatoms. The van der Waals surface area contributed by atoms with Crippen molar-refractivity contribution >= 4 is 5.90 Å². The number of unbranched alkanes of at least 4 members (excludes halogenated alkanes) is 1. The minimum absolute atomic E-state index is 0.0779. The number of oxime groups is 1. The van der Waals surface area contributed by atoms with Crippen molar-refractivity contribution in [1.82, 2.24) is 9.88 Å². The molecule has 3 rings (SSSR count). The minimum Gasteiger partial charge on any atom is -0.470 e. The van der Waals surface area contributed by atoms with Crippen molar-refractivity contribution in [2.75, 3.05) is 26.2 Å². The molecule has 29 heavy (non-hydrogen) atoms. The maximum atomic E-state index is 6.57. The predicted octanol–water partition coefficient (Wildman–Crippen LogP) is 5.12. The molecule has 2 aliphatic rings. The van der Waals surface area contributed by atoms with Gasteiger partial charge in [-0.05, 0) is 63.2 Å². The van der Waals surface area contributed by atoms with E-state index in [4.69, 9.17) is 9.57 Å². The van der Waals surface area contributed by atoms with Crippen LogP contribution < -0.4 is 0 Å². The second-order valence-electron chi connectivity index (χ2n) is 8.97. The Balaban J connectivity index is 1.78. The van der Waals surface area contributed by atoms with Crippen LogP contribution in [0.2, 0.25) is 0 Å². The zero-order valence-electron chi connectivity index (χ0n) is 18.7. The van der Waals surface area contributed by atoms with E-state index in [0.29, 0.717) is 6.61 Å². The van der Waals surface area contributed by atoms with Gasteiger partial charge in [0.15, 0.2) is 6.61 Å². The lowest BCUT2D eigenvalue weighted by atomic mass is 9.73. The van der Waals surface area contributed by atoms with Crippen molar-refractivity contribution in [3.8, 4) is 0 Å². The first-order chi connectivity index (χ1) is 14.1. The molecule has 1 aromatic heterocycles. The van der Waals surface area contributed by atoms with Crippen LogP contribution in [0.3, 0.4) is 0 Å². The average Bonchev–Trinajstić information content (AvgIpc) is 2.73. The summed E-state index contributed by atoms with van der Waals surface area (Å²) in [5.74, 6) is 0.822. The summed E-state index contributed by atoms with van der Waals surface area (Å²) in [6, 6.07) is 2.25. The van der Waals surface area contributed by atoms with Gasteiger partial charge >= 0.3 is 0 Å². The van der Waals surface area contributed by atoms with Crippen LogP contribution in [0.1, 0.15) is 76.3 Å². The van der Waals surface area contributed by atoms with E-state index >= 15 is 0 Å². The van der Waals surface area contributed by atoms with Crippen LogP contribution in [-0.4, -0.2) is 48.1 Å². The quantitative estimate of drug-likeness (QED) is 0.546. The van der Waals surface area contributed by atoms with E-state index < -0.39 is 0 Å². The van der Waals surface area contributed by atoms with Gasteiger partial charge in [-0.25, -0.2) is 0 Å². The molecule has 5 nitrogen and oxygen atoms in total. The van der Waals surface area contributed by atoms with Crippen LogP contribution in [0.15, 0.2) is 23.6 Å². The summed E-state index contributed by atoms with van der Waals surface area (Å²) >= 11 is 0. The molecule has 0 aromatic carbocycles. The molecule has 0 radical (unpaired) electrons. The van der Waals surface area contributed by atoms with Gasteiger partial charge in [0, 0.05) is 18.9 Å². The molecular formula is C24H39N3O2. The Labute approximate surface area is 176 Å². The molecule has 2 atom stereocenters. The molecular weight excluding hydrogens is 362 g/mol. The lowest BCUT2D eigenvalue weighted by molar-refractivity contribution is -0.0235. The van der Waals surface area contributed by atoms with Crippen molar-refractivity contribution in [3.05, 3.63) is 29.6 Å². The zero-order chi connectivity index (χ0) is 20.5. The average molecular weight is 402 g/mol. The largest absolute Gasteiger partial charge is 0.470 e. The summed E-state index contributed by atoms with van der Waals surface area (Å²) in [6.07, 6.45) is 14.4. The molecule has 2 unspecified atom stereocenters. The SMILES string of the molecule is CCCCC(CCC)(Cc1cncc(C)c1)C1=NOCC(CN2CCCCC2)O1. The molecule has 0 amide bonds. The number of hydrogen-bond acceptors (Lipinski definition) is 5. The summed E-state index contributed by atoms with van der Waals surface area (Å²) in [5, 5.41) is 4.49. The Kier molecular flexibility index (Phi) is 8.34. The smallest absolute Gasteiger partial charge is 0.232 e. The van der Waals surface area contributed by atoms with Gasteiger partial charge in [0.05, 0.1) is 5.41 Å². The number of ether oxygens (including phenoxy) is 1. The first kappa shape index (κ1) is 22.1. The highest BCUT2D eigenvalue weighted by atomic mass is 16.7. The van der Waals surface area contributed by atoms with Crippen LogP contribution in [0.5, 0.6) is 0 Å². The van der Waals surface area contributed by atoms with Crippen LogP contribution in [0.25, 0.3) is 0 Å². The van der Waals surface area contributed by atoms with Crippen LogP contribution in [0, 0.1) is 12.3 Å². The number of aryl methyl sites for hydroxylation is 1. The molecule has 162 valence electrons. The Morgan fingerprint density at radius 3 is 2.66 bits per heavy atom. The second kappa shape index (κ2) is 11.0. The number of hydrogen-bond donors (Lipinski definition) is 0. The molecule has 1 aromatic rings. The van der Waals surface area contributed by atoms with Gasteiger partial charge in [0.2, 0.25) is 5.90 Å². The number of piperidine rings is 1. The van der Waals surface area contributed by atoms with Crippen LogP contribution in [-0.2, 0) is 16.0 Å². The number of aromatic nitrogens is 1. The Bertz CT molecular complexity index is 657. The third kappa shape index (κ3) is 6.18. The molecule has 0 spiro atoms. The van der Waals surface area contributed by atoms with Crippen molar-refractivity contribution in [1.29, 1.82) is 0 Å². The molecule has 1 fully saturated rings. The van der Waals surface area contributed by atoms with Gasteiger partial charge in [-0.3, -0.25) is 9.88 Å². The van der Waals surface area contributed by atoms with Gasteiger partial charge in [-0.15, -0.1) is 0 Å². The number of pyridine rings is 1. The summed E-state index contributed by atoms with van der Waals surface area (Å²) < 4.78 is 6.57. The second-order valence-corrected chi connectivity index (χ2v) is 8.97. The molecule has 3 heterocycles. The first-order valence-electron chi connectivity index (χ1n) is 11.6.